The number of likely N-dealkylation sites (N-methyl/N-ethyl adjacent to an activating group) is 1. The van der Waals surface area contributed by atoms with Gasteiger partial charge >= 0.3 is 12.1 Å². The third kappa shape index (κ3) is 10.4. The first kappa shape index (κ1) is 48.9. The highest BCUT2D eigenvalue weighted by Gasteiger charge is 2.60. The van der Waals surface area contributed by atoms with Gasteiger partial charge in [-0.3, -0.25) is 24.0 Å². The number of nitrogens with zero attached hydrogens (tertiary/aromatic N) is 6. The monoisotopic (exact) mass is 870 g/mol. The number of esters is 1. The maximum Gasteiger partial charge on any atom is 0.410 e. The molecule has 2 amide bonds. The molecule has 62 heavy (non-hydrogen) atoms. The fourth-order valence-electron chi connectivity index (χ4n) is 10.0. The number of amides is 2. The Balaban J connectivity index is 1.45. The van der Waals surface area contributed by atoms with E-state index in [2.05, 4.69) is 10.3 Å². The van der Waals surface area contributed by atoms with Crippen molar-refractivity contribution in [1.29, 1.82) is 0 Å². The van der Waals surface area contributed by atoms with Gasteiger partial charge in [0, 0.05) is 56.9 Å². The van der Waals surface area contributed by atoms with Gasteiger partial charge in [-0.2, -0.15) is 0 Å². The van der Waals surface area contributed by atoms with Crippen LogP contribution in [0.4, 0.5) is 10.5 Å². The van der Waals surface area contributed by atoms with E-state index < -0.39 is 77.6 Å². The number of aliphatic hydroxyl groups excluding tert-OH is 1. The summed E-state index contributed by atoms with van der Waals surface area (Å²) in [5, 5.41) is 20.1. The number of fused-ring (bicyclic) bond motifs is 1. The predicted octanol–water partition coefficient (Wildman–Crippen LogP) is 4.54. The molecule has 3 aliphatic rings. The SMILES string of the molecule is CC[C@H]1OC(=O)[C@H](C)C(=O)[C@@H](C)[C@@H](O[C@@H]2OC(C)CC(N(C)C)C2O)[C@](C)(OC)C[C@@H](C)CN(C(C)=O)[C@H](C)[C@H]2N(CCCCn3cc(-c4cccc(N)c4)nn3)C(=O)O[C@]12C. The van der Waals surface area contributed by atoms with Gasteiger partial charge in [-0.25, -0.2) is 4.79 Å². The van der Waals surface area contributed by atoms with Gasteiger partial charge in [0.05, 0.1) is 36.1 Å². The molecule has 1 aromatic heterocycles. The molecule has 13 atom stereocenters. The number of ketones is 1. The van der Waals surface area contributed by atoms with Crippen LogP contribution in [0.3, 0.4) is 0 Å². The molecule has 3 N–H and O–H groups in total. The first-order valence-electron chi connectivity index (χ1n) is 22.1. The van der Waals surface area contributed by atoms with Crippen molar-refractivity contribution in [2.24, 2.45) is 17.8 Å². The first-order chi connectivity index (χ1) is 29.1. The number of benzene rings is 1. The molecule has 0 bridgehead atoms. The number of nitrogens with two attached hydrogens (primary N) is 1. The Morgan fingerprint density at radius 1 is 1.08 bits per heavy atom. The van der Waals surface area contributed by atoms with Crippen LogP contribution in [0.25, 0.3) is 11.3 Å². The Bertz CT molecular complexity index is 1880. The Labute approximate surface area is 366 Å². The largest absolute Gasteiger partial charge is 0.458 e. The second-order valence-corrected chi connectivity index (χ2v) is 18.5. The number of carbonyl (C=O) groups is 4. The lowest BCUT2D eigenvalue weighted by molar-refractivity contribution is -0.295. The Hall–Kier alpha value is -4.16. The number of aliphatic hydroxyl groups is 1. The summed E-state index contributed by atoms with van der Waals surface area (Å²) in [4.78, 5) is 61.7. The van der Waals surface area contributed by atoms with Gasteiger partial charge in [-0.05, 0) is 98.9 Å². The minimum Gasteiger partial charge on any atom is -0.458 e. The number of aryl methyl sites for hydroxylation is 1. The number of nitrogen functional groups attached to an aromatic ring is 1. The molecular weight excluding hydrogens is 799 g/mol. The average Bonchev–Trinajstić information content (AvgIpc) is 3.80. The van der Waals surface area contributed by atoms with Crippen LogP contribution in [0, 0.1) is 17.8 Å². The molecule has 0 saturated carbocycles. The van der Waals surface area contributed by atoms with E-state index in [0.29, 0.717) is 50.2 Å². The van der Waals surface area contributed by atoms with Crippen molar-refractivity contribution in [2.45, 2.75) is 161 Å². The van der Waals surface area contributed by atoms with Crippen molar-refractivity contribution in [2.75, 3.05) is 40.0 Å². The summed E-state index contributed by atoms with van der Waals surface area (Å²) in [6.45, 7) is 17.0. The van der Waals surface area contributed by atoms with Crippen molar-refractivity contribution < 1.29 is 48.0 Å². The number of rotatable bonds is 11. The third-order valence-corrected chi connectivity index (χ3v) is 13.4. The molecular formula is C45H71N7O10. The predicted molar refractivity (Wildman–Crippen MR) is 231 cm³/mol. The Morgan fingerprint density at radius 2 is 1.77 bits per heavy atom. The van der Waals surface area contributed by atoms with Crippen LogP contribution in [-0.4, -0.2) is 153 Å². The van der Waals surface area contributed by atoms with Gasteiger partial charge in [0.2, 0.25) is 5.91 Å². The zero-order chi connectivity index (χ0) is 45.8. The number of aromatic nitrogens is 3. The summed E-state index contributed by atoms with van der Waals surface area (Å²) in [7, 11) is 5.31. The zero-order valence-electron chi connectivity index (χ0n) is 38.8. The van der Waals surface area contributed by atoms with Gasteiger partial charge in [0.25, 0.3) is 0 Å². The van der Waals surface area contributed by atoms with Crippen LogP contribution in [0.1, 0.15) is 94.4 Å². The standard InChI is InChI=1S/C45H71N7O10/c1-13-36-45(9)39(51(43(57)62-45)20-15-14-19-50-25-34(47-48-50)32-17-16-18-33(46)22-32)30(6)52(31(7)53)24-26(2)23-44(8,58-12)40(28(4)37(54)29(5)41(56)60-36)61-42-38(55)35(49(10)11)21-27(3)59-42/h16-18,22,25-30,35-36,38-40,42,55H,13-15,19-21,23-24,46H2,1-12H3/t26-,27?,28-,29-,30-,35?,36-,38?,39-,40-,42+,44-,45-/m1/s1. The van der Waals surface area contributed by atoms with Crippen LogP contribution in [0.15, 0.2) is 30.5 Å². The van der Waals surface area contributed by atoms with Crippen molar-refractivity contribution in [3.8, 4) is 11.3 Å². The number of carbonyl (C=O) groups excluding carboxylic acids is 4. The molecule has 0 spiro atoms. The molecule has 17 heteroatoms. The summed E-state index contributed by atoms with van der Waals surface area (Å²) in [6.07, 6.45) is -0.698. The molecule has 3 unspecified atom stereocenters. The van der Waals surface area contributed by atoms with E-state index >= 15 is 0 Å². The maximum atomic E-state index is 14.5. The van der Waals surface area contributed by atoms with E-state index in [4.69, 9.17) is 29.4 Å². The highest BCUT2D eigenvalue weighted by Crippen LogP contribution is 2.41. The highest BCUT2D eigenvalue weighted by molar-refractivity contribution is 6.00. The maximum absolute atomic E-state index is 14.5. The zero-order valence-corrected chi connectivity index (χ0v) is 38.8. The normalized spacial score (nSPS) is 35.3. The molecule has 3 fully saturated rings. The molecule has 3 saturated heterocycles. The fraction of sp³-hybridized carbons (Fsp3) is 0.733. The number of methoxy groups -OCH3 is 1. The second kappa shape index (κ2) is 20.1. The number of unbranched alkanes of at least 4 members (excludes halogenated alkanes) is 1. The molecule has 0 aliphatic carbocycles. The van der Waals surface area contributed by atoms with Gasteiger partial charge < -0.3 is 44.3 Å². The lowest BCUT2D eigenvalue weighted by atomic mass is 9.78. The second-order valence-electron chi connectivity index (χ2n) is 18.5. The van der Waals surface area contributed by atoms with Crippen LogP contribution >= 0.6 is 0 Å². The number of hydrogen-bond acceptors (Lipinski definition) is 14. The summed E-state index contributed by atoms with van der Waals surface area (Å²) in [6, 6.07) is 5.82. The molecule has 4 heterocycles. The molecule has 5 rings (SSSR count). The molecule has 17 nitrogen and oxygen atoms in total. The first-order valence-corrected chi connectivity index (χ1v) is 22.1. The quantitative estimate of drug-likeness (QED) is 0.138. The number of anilines is 1. The smallest absolute Gasteiger partial charge is 0.410 e. The topological polar surface area (TPSA) is 201 Å². The van der Waals surface area contributed by atoms with Crippen molar-refractivity contribution in [3.63, 3.8) is 0 Å². The van der Waals surface area contributed by atoms with E-state index in [0.717, 1.165) is 5.56 Å². The Morgan fingerprint density at radius 3 is 2.40 bits per heavy atom. The number of cyclic esters (lactones) is 1. The van der Waals surface area contributed by atoms with Gasteiger partial charge in [0.1, 0.15) is 23.8 Å². The highest BCUT2D eigenvalue weighted by atomic mass is 16.7. The Kier molecular flexibility index (Phi) is 15.9. The van der Waals surface area contributed by atoms with Crippen LogP contribution in [0.5, 0.6) is 0 Å². The minimum atomic E-state index is -1.40. The van der Waals surface area contributed by atoms with Crippen molar-refractivity contribution in [3.05, 3.63) is 30.5 Å². The number of hydrogen-bond donors (Lipinski definition) is 2. The van der Waals surface area contributed by atoms with E-state index in [1.807, 2.05) is 84.1 Å². The number of ether oxygens (including phenoxy) is 5. The van der Waals surface area contributed by atoms with Crippen molar-refractivity contribution in [1.82, 2.24) is 29.7 Å². The summed E-state index contributed by atoms with van der Waals surface area (Å²) in [5.74, 6) is -3.84. The van der Waals surface area contributed by atoms with Gasteiger partial charge in [0.15, 0.2) is 17.7 Å². The average molecular weight is 870 g/mol. The molecule has 346 valence electrons. The van der Waals surface area contributed by atoms with E-state index in [1.54, 1.807) is 35.4 Å². The molecule has 0 radical (unpaired) electrons. The number of Topliss-reactive ketones (excluding diaryl/α,β-unsaturated/α-hetero) is 1. The van der Waals surface area contributed by atoms with Crippen LogP contribution < -0.4 is 5.73 Å². The van der Waals surface area contributed by atoms with Gasteiger partial charge in [-0.1, -0.05) is 38.1 Å². The molecule has 1 aromatic carbocycles. The van der Waals surface area contributed by atoms with Crippen LogP contribution in [0.2, 0.25) is 0 Å². The lowest BCUT2D eigenvalue weighted by Crippen LogP contribution is -2.62. The third-order valence-electron chi connectivity index (χ3n) is 13.4. The van der Waals surface area contributed by atoms with Crippen LogP contribution in [-0.2, 0) is 44.6 Å². The van der Waals surface area contributed by atoms with E-state index in [1.165, 1.54) is 13.8 Å². The summed E-state index contributed by atoms with van der Waals surface area (Å²) >= 11 is 0. The lowest BCUT2D eigenvalue weighted by Gasteiger charge is -2.47. The molecule has 2 aromatic rings. The van der Waals surface area contributed by atoms with Crippen molar-refractivity contribution >= 4 is 29.4 Å². The fourth-order valence-corrected chi connectivity index (χ4v) is 10.0. The van der Waals surface area contributed by atoms with E-state index in [9.17, 15) is 24.3 Å². The van der Waals surface area contributed by atoms with Gasteiger partial charge in [-0.15, -0.1) is 5.10 Å². The molecule has 3 aliphatic heterocycles. The minimum absolute atomic E-state index is 0.214. The summed E-state index contributed by atoms with van der Waals surface area (Å²) < 4.78 is 33.3. The summed E-state index contributed by atoms with van der Waals surface area (Å²) in [5.41, 5.74) is 5.59. The van der Waals surface area contributed by atoms with E-state index in [-0.39, 0.29) is 36.9 Å².